The Labute approximate surface area is 199 Å². The van der Waals surface area contributed by atoms with E-state index in [1.54, 1.807) is 30.2 Å². The number of aromatic nitrogens is 1. The summed E-state index contributed by atoms with van der Waals surface area (Å²) in [5, 5.41) is 0.755. The molecule has 3 aromatic rings. The molecule has 0 spiro atoms. The molecule has 0 radical (unpaired) electrons. The van der Waals surface area contributed by atoms with Gasteiger partial charge in [-0.3, -0.25) is 9.69 Å². The summed E-state index contributed by atoms with van der Waals surface area (Å²) >= 11 is 3.30. The van der Waals surface area contributed by atoms with Gasteiger partial charge in [0.15, 0.2) is 5.13 Å². The van der Waals surface area contributed by atoms with E-state index in [9.17, 15) is 4.79 Å². The Bertz CT molecular complexity index is 1030. The lowest BCUT2D eigenvalue weighted by atomic mass is 10.2. The summed E-state index contributed by atoms with van der Waals surface area (Å²) in [5.41, 5.74) is 3.23. The van der Waals surface area contributed by atoms with Crippen LogP contribution >= 0.6 is 23.1 Å². The Morgan fingerprint density at radius 2 is 1.78 bits per heavy atom. The van der Waals surface area contributed by atoms with E-state index in [1.165, 1.54) is 10.5 Å². The maximum atomic E-state index is 13.3. The molecule has 1 aromatic heterocycles. The number of nitrogens with zero attached hydrogens (tertiary/aromatic N) is 3. The third-order valence-corrected chi connectivity index (χ3v) is 7.81. The molecule has 0 atom stereocenters. The third-order valence-electron chi connectivity index (χ3n) is 5.58. The average molecular weight is 472 g/mol. The molecule has 0 saturated carbocycles. The highest BCUT2D eigenvalue weighted by Crippen LogP contribution is 2.36. The van der Waals surface area contributed by atoms with Gasteiger partial charge in [-0.25, -0.2) is 4.98 Å². The van der Waals surface area contributed by atoms with Crippen molar-refractivity contribution in [3.8, 4) is 5.75 Å². The summed E-state index contributed by atoms with van der Waals surface area (Å²) in [7, 11) is 1.66. The van der Waals surface area contributed by atoms with E-state index < -0.39 is 0 Å². The Balaban J connectivity index is 1.79. The standard InChI is InChI=1S/C25H33N3O2S2/c1-6-27(7-2)15-16-28(22(29)14-17-31-20-11-8-18(3)9-12-20)25-26-23-21(30-5)13-10-19(4)24(23)32-25/h8-13H,6-7,14-17H2,1-5H3. The SMILES string of the molecule is CCN(CC)CCN(C(=O)CCSc1ccc(C)cc1)c1nc2c(OC)ccc(C)c2s1. The number of carbonyl (C=O) groups excluding carboxylic acids is 1. The first-order valence-electron chi connectivity index (χ1n) is 11.1. The van der Waals surface area contributed by atoms with Crippen molar-refractivity contribution < 1.29 is 9.53 Å². The summed E-state index contributed by atoms with van der Waals surface area (Å²) in [6.45, 7) is 11.9. The molecule has 32 heavy (non-hydrogen) atoms. The van der Waals surface area contributed by atoms with Crippen LogP contribution in [0, 0.1) is 13.8 Å². The number of hydrogen-bond acceptors (Lipinski definition) is 6. The summed E-state index contributed by atoms with van der Waals surface area (Å²) in [6, 6.07) is 12.4. The van der Waals surface area contributed by atoms with E-state index in [4.69, 9.17) is 9.72 Å². The molecule has 7 heteroatoms. The fourth-order valence-electron chi connectivity index (χ4n) is 3.51. The molecule has 0 bridgehead atoms. The number of anilines is 1. The first-order valence-corrected chi connectivity index (χ1v) is 12.9. The van der Waals surface area contributed by atoms with Gasteiger partial charge in [-0.1, -0.05) is 48.9 Å². The number of hydrogen-bond donors (Lipinski definition) is 0. The summed E-state index contributed by atoms with van der Waals surface area (Å²) in [5.74, 6) is 1.61. The van der Waals surface area contributed by atoms with Crippen LogP contribution in [-0.4, -0.2) is 54.8 Å². The van der Waals surface area contributed by atoms with Crippen molar-refractivity contribution in [2.45, 2.75) is 39.0 Å². The highest BCUT2D eigenvalue weighted by molar-refractivity contribution is 7.99. The van der Waals surface area contributed by atoms with Crippen molar-refractivity contribution in [3.05, 3.63) is 47.5 Å². The molecular formula is C25H33N3O2S2. The predicted octanol–water partition coefficient (Wildman–Crippen LogP) is 5.78. The zero-order valence-corrected chi connectivity index (χ0v) is 21.3. The number of rotatable bonds is 11. The summed E-state index contributed by atoms with van der Waals surface area (Å²) < 4.78 is 6.60. The molecule has 0 aliphatic rings. The molecule has 0 aliphatic carbocycles. The number of likely N-dealkylation sites (N-methyl/N-ethyl adjacent to an activating group) is 1. The van der Waals surface area contributed by atoms with Crippen LogP contribution in [0.1, 0.15) is 31.4 Å². The van der Waals surface area contributed by atoms with E-state index in [1.807, 2.05) is 17.0 Å². The molecule has 0 fully saturated rings. The van der Waals surface area contributed by atoms with E-state index in [2.05, 4.69) is 56.9 Å². The highest BCUT2D eigenvalue weighted by Gasteiger charge is 2.22. The van der Waals surface area contributed by atoms with Gasteiger partial charge in [0.2, 0.25) is 5.91 Å². The van der Waals surface area contributed by atoms with Crippen LogP contribution < -0.4 is 9.64 Å². The zero-order chi connectivity index (χ0) is 23.1. The molecule has 0 N–H and O–H groups in total. The van der Waals surface area contributed by atoms with Gasteiger partial charge in [-0.05, 0) is 50.7 Å². The molecule has 0 aliphatic heterocycles. The third kappa shape index (κ3) is 6.03. The van der Waals surface area contributed by atoms with Gasteiger partial charge in [0, 0.05) is 30.2 Å². The normalized spacial score (nSPS) is 11.3. The number of carbonyl (C=O) groups is 1. The van der Waals surface area contributed by atoms with Crippen LogP contribution in [0.25, 0.3) is 10.2 Å². The van der Waals surface area contributed by atoms with Crippen molar-refractivity contribution >= 4 is 44.4 Å². The number of benzene rings is 2. The van der Waals surface area contributed by atoms with Crippen LogP contribution in [-0.2, 0) is 4.79 Å². The topological polar surface area (TPSA) is 45.7 Å². The summed E-state index contributed by atoms with van der Waals surface area (Å²) in [6.07, 6.45) is 0.475. The second kappa shape index (κ2) is 11.7. The highest BCUT2D eigenvalue weighted by atomic mass is 32.2. The molecular weight excluding hydrogens is 438 g/mol. The monoisotopic (exact) mass is 471 g/mol. The zero-order valence-electron chi connectivity index (χ0n) is 19.7. The second-order valence-electron chi connectivity index (χ2n) is 7.74. The Kier molecular flexibility index (Phi) is 8.96. The Hall–Kier alpha value is -2.09. The van der Waals surface area contributed by atoms with Gasteiger partial charge in [-0.15, -0.1) is 11.8 Å². The van der Waals surface area contributed by atoms with Crippen LogP contribution in [0.15, 0.2) is 41.3 Å². The Morgan fingerprint density at radius 3 is 2.44 bits per heavy atom. The molecule has 172 valence electrons. The van der Waals surface area contributed by atoms with Crippen molar-refractivity contribution in [1.29, 1.82) is 0 Å². The van der Waals surface area contributed by atoms with Crippen LogP contribution in [0.4, 0.5) is 5.13 Å². The predicted molar refractivity (Wildman–Crippen MR) is 138 cm³/mol. The van der Waals surface area contributed by atoms with E-state index >= 15 is 0 Å². The quantitative estimate of drug-likeness (QED) is 0.332. The first-order chi connectivity index (χ1) is 15.5. The van der Waals surface area contributed by atoms with Gasteiger partial charge in [0.05, 0.1) is 11.8 Å². The van der Waals surface area contributed by atoms with Gasteiger partial charge < -0.3 is 9.64 Å². The number of fused-ring (bicyclic) bond motifs is 1. The number of thioether (sulfide) groups is 1. The van der Waals surface area contributed by atoms with Crippen LogP contribution in [0.3, 0.4) is 0 Å². The number of methoxy groups -OCH3 is 1. The van der Waals surface area contributed by atoms with Crippen molar-refractivity contribution in [2.75, 3.05) is 43.9 Å². The van der Waals surface area contributed by atoms with Crippen molar-refractivity contribution in [2.24, 2.45) is 0 Å². The minimum Gasteiger partial charge on any atom is -0.494 e. The lowest BCUT2D eigenvalue weighted by Gasteiger charge is -2.24. The van der Waals surface area contributed by atoms with E-state index in [0.717, 1.165) is 52.0 Å². The minimum absolute atomic E-state index is 0.118. The van der Waals surface area contributed by atoms with Gasteiger partial charge in [0.1, 0.15) is 11.3 Å². The average Bonchev–Trinajstić information content (AvgIpc) is 3.24. The van der Waals surface area contributed by atoms with Gasteiger partial charge >= 0.3 is 0 Å². The molecule has 3 rings (SSSR count). The van der Waals surface area contributed by atoms with Crippen LogP contribution in [0.5, 0.6) is 5.75 Å². The molecule has 2 aromatic carbocycles. The molecule has 1 heterocycles. The molecule has 5 nitrogen and oxygen atoms in total. The van der Waals surface area contributed by atoms with E-state index in [-0.39, 0.29) is 5.91 Å². The molecule has 1 amide bonds. The molecule has 0 saturated heterocycles. The smallest absolute Gasteiger partial charge is 0.229 e. The fourth-order valence-corrected chi connectivity index (χ4v) is 5.45. The van der Waals surface area contributed by atoms with Gasteiger partial charge in [-0.2, -0.15) is 0 Å². The van der Waals surface area contributed by atoms with Crippen LogP contribution in [0.2, 0.25) is 0 Å². The minimum atomic E-state index is 0.118. The molecule has 0 unspecified atom stereocenters. The maximum absolute atomic E-state index is 13.3. The van der Waals surface area contributed by atoms with Crippen molar-refractivity contribution in [1.82, 2.24) is 9.88 Å². The Morgan fingerprint density at radius 1 is 1.06 bits per heavy atom. The fraction of sp³-hybridized carbons (Fsp3) is 0.440. The van der Waals surface area contributed by atoms with E-state index in [0.29, 0.717) is 13.0 Å². The van der Waals surface area contributed by atoms with Gasteiger partial charge in [0.25, 0.3) is 0 Å². The first kappa shape index (κ1) is 24.6. The lowest BCUT2D eigenvalue weighted by Crippen LogP contribution is -2.39. The second-order valence-corrected chi connectivity index (χ2v) is 9.89. The largest absolute Gasteiger partial charge is 0.494 e. The summed E-state index contributed by atoms with van der Waals surface area (Å²) in [4.78, 5) is 23.6. The number of ether oxygens (including phenoxy) is 1. The number of aryl methyl sites for hydroxylation is 2. The van der Waals surface area contributed by atoms with Crippen molar-refractivity contribution in [3.63, 3.8) is 0 Å². The maximum Gasteiger partial charge on any atom is 0.229 e. The lowest BCUT2D eigenvalue weighted by molar-refractivity contribution is -0.118. The number of amides is 1. The number of thiazole rings is 1.